The van der Waals surface area contributed by atoms with Gasteiger partial charge in [-0.3, -0.25) is 9.69 Å². The van der Waals surface area contributed by atoms with Gasteiger partial charge < -0.3 is 10.1 Å². The molecule has 2 aromatic carbocycles. The van der Waals surface area contributed by atoms with Crippen molar-refractivity contribution in [2.24, 2.45) is 0 Å². The quantitative estimate of drug-likeness (QED) is 0.827. The summed E-state index contributed by atoms with van der Waals surface area (Å²) in [5.41, 5.74) is 1.25. The molecule has 0 aliphatic heterocycles. The number of carbonyl (C=O) groups excluding carboxylic acids is 1. The number of methoxy groups -OCH3 is 1. The first-order chi connectivity index (χ1) is 11.4. The fourth-order valence-electron chi connectivity index (χ4n) is 2.21. The Labute approximate surface area is 150 Å². The van der Waals surface area contributed by atoms with Gasteiger partial charge in [0.05, 0.1) is 19.3 Å². The maximum atomic E-state index is 13.1. The molecule has 2 rings (SSSR count). The van der Waals surface area contributed by atoms with E-state index in [9.17, 15) is 9.18 Å². The number of benzene rings is 2. The SMILES string of the molecule is COc1ccc(Cl)cc1NC(=O)CN(C)Cc1ccc(F)cc1Cl. The van der Waals surface area contributed by atoms with Gasteiger partial charge in [-0.25, -0.2) is 4.39 Å². The summed E-state index contributed by atoms with van der Waals surface area (Å²) in [4.78, 5) is 14.0. The number of likely N-dealkylation sites (N-methyl/N-ethyl adjacent to an activating group) is 1. The topological polar surface area (TPSA) is 41.6 Å². The van der Waals surface area contributed by atoms with Crippen LogP contribution >= 0.6 is 23.2 Å². The minimum Gasteiger partial charge on any atom is -0.495 e. The first-order valence-electron chi connectivity index (χ1n) is 7.15. The highest BCUT2D eigenvalue weighted by molar-refractivity contribution is 6.31. The summed E-state index contributed by atoms with van der Waals surface area (Å²) in [6.07, 6.45) is 0. The van der Waals surface area contributed by atoms with Gasteiger partial charge in [0.1, 0.15) is 11.6 Å². The molecule has 0 aliphatic rings. The van der Waals surface area contributed by atoms with Crippen molar-refractivity contribution in [2.45, 2.75) is 6.54 Å². The Morgan fingerprint density at radius 3 is 2.67 bits per heavy atom. The molecule has 0 spiro atoms. The van der Waals surface area contributed by atoms with Gasteiger partial charge >= 0.3 is 0 Å². The number of rotatable bonds is 6. The highest BCUT2D eigenvalue weighted by Gasteiger charge is 2.12. The average Bonchev–Trinajstić information content (AvgIpc) is 2.50. The summed E-state index contributed by atoms with van der Waals surface area (Å²) in [6.45, 7) is 0.544. The van der Waals surface area contributed by atoms with Gasteiger partial charge in [0.2, 0.25) is 5.91 Å². The summed E-state index contributed by atoms with van der Waals surface area (Å²) in [5, 5.41) is 3.59. The largest absolute Gasteiger partial charge is 0.495 e. The van der Waals surface area contributed by atoms with E-state index in [1.54, 1.807) is 36.2 Å². The lowest BCUT2D eigenvalue weighted by molar-refractivity contribution is -0.117. The highest BCUT2D eigenvalue weighted by Crippen LogP contribution is 2.27. The van der Waals surface area contributed by atoms with E-state index in [0.29, 0.717) is 28.0 Å². The van der Waals surface area contributed by atoms with E-state index in [2.05, 4.69) is 5.32 Å². The smallest absolute Gasteiger partial charge is 0.238 e. The lowest BCUT2D eigenvalue weighted by atomic mass is 10.2. The van der Waals surface area contributed by atoms with Crippen LogP contribution in [0.5, 0.6) is 5.75 Å². The summed E-state index contributed by atoms with van der Waals surface area (Å²) in [5.74, 6) is -0.0921. The van der Waals surface area contributed by atoms with Crippen molar-refractivity contribution in [2.75, 3.05) is 26.0 Å². The van der Waals surface area contributed by atoms with E-state index in [0.717, 1.165) is 5.56 Å². The first-order valence-corrected chi connectivity index (χ1v) is 7.90. The molecule has 0 atom stereocenters. The fourth-order valence-corrected chi connectivity index (χ4v) is 2.61. The van der Waals surface area contributed by atoms with E-state index in [1.165, 1.54) is 19.2 Å². The van der Waals surface area contributed by atoms with Gasteiger partial charge in [-0.1, -0.05) is 29.3 Å². The Hall–Kier alpha value is -1.82. The number of anilines is 1. The molecule has 7 heteroatoms. The third-order valence-corrected chi connectivity index (χ3v) is 3.89. The van der Waals surface area contributed by atoms with Crippen molar-refractivity contribution >= 4 is 34.8 Å². The summed E-state index contributed by atoms with van der Waals surface area (Å²) < 4.78 is 18.2. The molecule has 0 aromatic heterocycles. The zero-order chi connectivity index (χ0) is 17.7. The minimum atomic E-state index is -0.391. The summed E-state index contributed by atoms with van der Waals surface area (Å²) in [6, 6.07) is 9.17. The molecule has 0 bridgehead atoms. The molecule has 4 nitrogen and oxygen atoms in total. The lowest BCUT2D eigenvalue weighted by Gasteiger charge is -2.18. The molecular weight excluding hydrogens is 354 g/mol. The Morgan fingerprint density at radius 2 is 2.00 bits per heavy atom. The van der Waals surface area contributed by atoms with Crippen LogP contribution in [0.2, 0.25) is 10.0 Å². The maximum absolute atomic E-state index is 13.1. The Kier molecular flexibility index (Phi) is 6.43. The van der Waals surface area contributed by atoms with E-state index in [1.807, 2.05) is 0 Å². The van der Waals surface area contributed by atoms with E-state index >= 15 is 0 Å². The molecule has 0 saturated carbocycles. The Morgan fingerprint density at radius 1 is 1.25 bits per heavy atom. The number of carbonyl (C=O) groups is 1. The van der Waals surface area contributed by atoms with E-state index in [-0.39, 0.29) is 12.5 Å². The summed E-state index contributed by atoms with van der Waals surface area (Å²) >= 11 is 11.9. The van der Waals surface area contributed by atoms with Crippen LogP contribution in [0, 0.1) is 5.82 Å². The molecule has 24 heavy (non-hydrogen) atoms. The number of hydrogen-bond acceptors (Lipinski definition) is 3. The van der Waals surface area contributed by atoms with Crippen LogP contribution in [0.3, 0.4) is 0 Å². The molecule has 128 valence electrons. The van der Waals surface area contributed by atoms with Crippen molar-refractivity contribution in [1.29, 1.82) is 0 Å². The monoisotopic (exact) mass is 370 g/mol. The number of nitrogens with one attached hydrogen (secondary N) is 1. The predicted octanol–water partition coefficient (Wildman–Crippen LogP) is 4.21. The normalized spacial score (nSPS) is 10.8. The Bertz CT molecular complexity index is 741. The number of ether oxygens (including phenoxy) is 1. The van der Waals surface area contributed by atoms with Crippen LogP contribution < -0.4 is 10.1 Å². The van der Waals surface area contributed by atoms with E-state index in [4.69, 9.17) is 27.9 Å². The highest BCUT2D eigenvalue weighted by atomic mass is 35.5. The van der Waals surface area contributed by atoms with Crippen LogP contribution in [0.4, 0.5) is 10.1 Å². The molecule has 1 amide bonds. The first kappa shape index (κ1) is 18.5. The van der Waals surface area contributed by atoms with Gasteiger partial charge in [-0.05, 0) is 42.9 Å². The average molecular weight is 371 g/mol. The zero-order valence-corrected chi connectivity index (χ0v) is 14.8. The van der Waals surface area contributed by atoms with E-state index < -0.39 is 5.82 Å². The molecular formula is C17H17Cl2FN2O2. The second kappa shape index (κ2) is 8.33. The van der Waals surface area contributed by atoms with Crippen LogP contribution in [-0.4, -0.2) is 31.5 Å². The van der Waals surface area contributed by atoms with Gasteiger partial charge in [0.15, 0.2) is 0 Å². The van der Waals surface area contributed by atoms with Gasteiger partial charge in [0, 0.05) is 16.6 Å². The number of hydrogen-bond donors (Lipinski definition) is 1. The van der Waals surface area contributed by atoms with Crippen LogP contribution in [-0.2, 0) is 11.3 Å². The van der Waals surface area contributed by atoms with Crippen molar-refractivity contribution in [1.82, 2.24) is 4.90 Å². The van der Waals surface area contributed by atoms with Crippen molar-refractivity contribution < 1.29 is 13.9 Å². The second-order valence-electron chi connectivity index (χ2n) is 5.30. The van der Waals surface area contributed by atoms with Crippen LogP contribution in [0.25, 0.3) is 0 Å². The molecule has 0 fully saturated rings. The standard InChI is InChI=1S/C17H17Cl2FN2O2/c1-22(9-11-3-5-13(20)8-14(11)19)10-17(23)21-15-7-12(18)4-6-16(15)24-2/h3-8H,9-10H2,1-2H3,(H,21,23). The molecule has 0 aliphatic carbocycles. The van der Waals surface area contributed by atoms with Gasteiger partial charge in [-0.2, -0.15) is 0 Å². The second-order valence-corrected chi connectivity index (χ2v) is 6.14. The number of nitrogens with zero attached hydrogens (tertiary/aromatic N) is 1. The molecule has 0 heterocycles. The Balaban J connectivity index is 1.98. The fraction of sp³-hybridized carbons (Fsp3) is 0.235. The third-order valence-electron chi connectivity index (χ3n) is 3.30. The van der Waals surface area contributed by atoms with Crippen molar-refractivity contribution in [3.8, 4) is 5.75 Å². The third kappa shape index (κ3) is 5.09. The molecule has 0 saturated heterocycles. The lowest BCUT2D eigenvalue weighted by Crippen LogP contribution is -2.30. The van der Waals surface area contributed by atoms with Crippen molar-refractivity contribution in [3.63, 3.8) is 0 Å². The molecule has 1 N–H and O–H groups in total. The minimum absolute atomic E-state index is 0.128. The number of amides is 1. The molecule has 0 unspecified atom stereocenters. The molecule has 2 aromatic rings. The maximum Gasteiger partial charge on any atom is 0.238 e. The van der Waals surface area contributed by atoms with Gasteiger partial charge in [-0.15, -0.1) is 0 Å². The summed E-state index contributed by atoms with van der Waals surface area (Å²) in [7, 11) is 3.29. The predicted molar refractivity (Wildman–Crippen MR) is 94.4 cm³/mol. The number of halogens is 3. The van der Waals surface area contributed by atoms with Crippen LogP contribution in [0.1, 0.15) is 5.56 Å². The van der Waals surface area contributed by atoms with Gasteiger partial charge in [0.25, 0.3) is 0 Å². The van der Waals surface area contributed by atoms with Crippen molar-refractivity contribution in [3.05, 3.63) is 57.8 Å². The zero-order valence-electron chi connectivity index (χ0n) is 13.3. The van der Waals surface area contributed by atoms with Crippen LogP contribution in [0.15, 0.2) is 36.4 Å². The molecule has 0 radical (unpaired) electrons.